The van der Waals surface area contributed by atoms with E-state index in [-0.39, 0.29) is 30.9 Å². The Bertz CT molecular complexity index is 995. The Balaban J connectivity index is 1.46. The van der Waals surface area contributed by atoms with Gasteiger partial charge in [0.05, 0.1) is 18.2 Å². The van der Waals surface area contributed by atoms with Crippen LogP contribution in [0.1, 0.15) is 24.2 Å². The van der Waals surface area contributed by atoms with Gasteiger partial charge in [-0.25, -0.2) is 0 Å². The number of fused-ring (bicyclic) bond motifs is 2. The maximum Gasteiger partial charge on any atom is 0.262 e. The van der Waals surface area contributed by atoms with Gasteiger partial charge in [-0.05, 0) is 36.8 Å². The third-order valence-electron chi connectivity index (χ3n) is 4.29. The molecule has 7 heteroatoms. The number of hydrogen-bond acceptors (Lipinski definition) is 5. The van der Waals surface area contributed by atoms with Crippen LogP contribution < -0.4 is 15.4 Å². The van der Waals surface area contributed by atoms with Crippen molar-refractivity contribution in [3.8, 4) is 5.75 Å². The molecule has 4 rings (SSSR count). The van der Waals surface area contributed by atoms with Crippen LogP contribution >= 0.6 is 0 Å². The number of benzene rings is 2. The number of para-hydroxylation sites is 1. The molecule has 1 atom stereocenters. The number of carbonyl (C=O) groups excluding carboxylic acids is 2. The molecule has 0 fully saturated rings. The van der Waals surface area contributed by atoms with Crippen LogP contribution in [0.5, 0.6) is 5.75 Å². The lowest BCUT2D eigenvalue weighted by Crippen LogP contribution is -2.29. The van der Waals surface area contributed by atoms with Crippen LogP contribution in [-0.2, 0) is 16.0 Å². The fourth-order valence-electron chi connectivity index (χ4n) is 2.96. The van der Waals surface area contributed by atoms with Gasteiger partial charge in [0.15, 0.2) is 12.2 Å². The van der Waals surface area contributed by atoms with Gasteiger partial charge in [0, 0.05) is 5.39 Å². The molecule has 2 heterocycles. The first-order valence-electron chi connectivity index (χ1n) is 8.29. The number of carbonyl (C=O) groups is 2. The topological polar surface area (TPSA) is 93.5 Å². The number of rotatable bonds is 4. The molecule has 1 aliphatic rings. The lowest BCUT2D eigenvalue weighted by Gasteiger charge is -2.20. The van der Waals surface area contributed by atoms with Gasteiger partial charge >= 0.3 is 0 Å². The molecule has 0 saturated carbocycles. The molecule has 0 aliphatic carbocycles. The summed E-state index contributed by atoms with van der Waals surface area (Å²) >= 11 is 0. The summed E-state index contributed by atoms with van der Waals surface area (Å²) in [6.07, 6.45) is 0.131. The minimum atomic E-state index is -0.232. The Kier molecular flexibility index (Phi) is 4.04. The Morgan fingerprint density at radius 3 is 3.04 bits per heavy atom. The number of aromatic nitrogens is 1. The van der Waals surface area contributed by atoms with E-state index in [4.69, 9.17) is 9.26 Å². The normalized spacial score (nSPS) is 14.3. The second-order valence-electron chi connectivity index (χ2n) is 6.18. The summed E-state index contributed by atoms with van der Waals surface area (Å²) in [5.41, 5.74) is 2.75. The van der Waals surface area contributed by atoms with E-state index in [1.807, 2.05) is 43.3 Å². The van der Waals surface area contributed by atoms with Crippen molar-refractivity contribution in [3.63, 3.8) is 0 Å². The van der Waals surface area contributed by atoms with E-state index < -0.39 is 0 Å². The zero-order valence-electron chi connectivity index (χ0n) is 14.1. The third-order valence-corrected chi connectivity index (χ3v) is 4.29. The Labute approximate surface area is 149 Å². The summed E-state index contributed by atoms with van der Waals surface area (Å²) in [5.74, 6) is 0.278. The van der Waals surface area contributed by atoms with Crippen LogP contribution in [0.25, 0.3) is 11.0 Å². The van der Waals surface area contributed by atoms with E-state index in [9.17, 15) is 9.59 Å². The highest BCUT2D eigenvalue weighted by molar-refractivity contribution is 5.95. The maximum absolute atomic E-state index is 12.4. The number of hydrogen-bond donors (Lipinski definition) is 2. The highest BCUT2D eigenvalue weighted by atomic mass is 16.5. The predicted molar refractivity (Wildman–Crippen MR) is 94.8 cm³/mol. The summed E-state index contributed by atoms with van der Waals surface area (Å²) in [6, 6.07) is 12.7. The van der Waals surface area contributed by atoms with E-state index in [1.54, 1.807) is 6.07 Å². The van der Waals surface area contributed by atoms with E-state index >= 15 is 0 Å². The first kappa shape index (κ1) is 16.1. The zero-order valence-corrected chi connectivity index (χ0v) is 14.1. The van der Waals surface area contributed by atoms with Crippen LogP contribution in [0, 0.1) is 0 Å². The van der Waals surface area contributed by atoms with Crippen molar-refractivity contribution in [2.24, 2.45) is 0 Å². The molecule has 1 aliphatic heterocycles. The average molecular weight is 351 g/mol. The Hall–Kier alpha value is -3.35. The summed E-state index contributed by atoms with van der Waals surface area (Å²) < 4.78 is 10.6. The third kappa shape index (κ3) is 3.11. The fourth-order valence-corrected chi connectivity index (χ4v) is 2.96. The van der Waals surface area contributed by atoms with Crippen LogP contribution in [-0.4, -0.2) is 23.6 Å². The van der Waals surface area contributed by atoms with Crippen molar-refractivity contribution in [1.29, 1.82) is 0 Å². The number of anilines is 1. The summed E-state index contributed by atoms with van der Waals surface area (Å²) in [4.78, 5) is 23.8. The van der Waals surface area contributed by atoms with Crippen molar-refractivity contribution < 1.29 is 18.8 Å². The molecular weight excluding hydrogens is 334 g/mol. The van der Waals surface area contributed by atoms with Crippen LogP contribution in [0.2, 0.25) is 0 Å². The van der Waals surface area contributed by atoms with E-state index in [1.165, 1.54) is 0 Å². The van der Waals surface area contributed by atoms with E-state index in [0.717, 1.165) is 10.9 Å². The second-order valence-corrected chi connectivity index (χ2v) is 6.18. The van der Waals surface area contributed by atoms with E-state index in [2.05, 4.69) is 15.8 Å². The highest BCUT2D eigenvalue weighted by Gasteiger charge is 2.19. The summed E-state index contributed by atoms with van der Waals surface area (Å²) in [7, 11) is 0. The van der Waals surface area contributed by atoms with Gasteiger partial charge in [-0.2, -0.15) is 0 Å². The van der Waals surface area contributed by atoms with Crippen molar-refractivity contribution in [1.82, 2.24) is 10.5 Å². The molecule has 2 aromatic carbocycles. The summed E-state index contributed by atoms with van der Waals surface area (Å²) in [6.45, 7) is 1.90. The van der Waals surface area contributed by atoms with Crippen molar-refractivity contribution in [3.05, 3.63) is 53.7 Å². The second kappa shape index (κ2) is 6.51. The molecule has 132 valence electrons. The quantitative estimate of drug-likeness (QED) is 0.753. The van der Waals surface area contributed by atoms with E-state index in [0.29, 0.717) is 22.7 Å². The molecule has 0 bridgehead atoms. The smallest absolute Gasteiger partial charge is 0.262 e. The monoisotopic (exact) mass is 351 g/mol. The molecule has 0 spiro atoms. The molecule has 1 unspecified atom stereocenters. The predicted octanol–water partition coefficient (Wildman–Crippen LogP) is 2.58. The zero-order chi connectivity index (χ0) is 18.1. The van der Waals surface area contributed by atoms with Crippen LogP contribution in [0.15, 0.2) is 47.0 Å². The highest BCUT2D eigenvalue weighted by Crippen LogP contribution is 2.30. The van der Waals surface area contributed by atoms with Crippen LogP contribution in [0.3, 0.4) is 0 Å². The number of nitrogens with zero attached hydrogens (tertiary/aromatic N) is 1. The fraction of sp³-hybridized carbons (Fsp3) is 0.211. The number of nitrogens with one attached hydrogen (secondary N) is 2. The van der Waals surface area contributed by atoms with Crippen molar-refractivity contribution >= 4 is 28.5 Å². The molecule has 2 N–H and O–H groups in total. The first-order valence-corrected chi connectivity index (χ1v) is 8.29. The maximum atomic E-state index is 12.4. The van der Waals surface area contributed by atoms with Gasteiger partial charge in [0.1, 0.15) is 11.4 Å². The van der Waals surface area contributed by atoms with Crippen LogP contribution in [0.4, 0.5) is 5.69 Å². The average Bonchev–Trinajstić information content (AvgIpc) is 3.04. The Morgan fingerprint density at radius 1 is 1.31 bits per heavy atom. The molecule has 2 amide bonds. The van der Waals surface area contributed by atoms with Gasteiger partial charge in [0.25, 0.3) is 5.91 Å². The minimum Gasteiger partial charge on any atom is -0.482 e. The SMILES string of the molecule is CC(NC(=O)Cc1noc2ccccc12)c1ccc2c(c1)NC(=O)CO2. The van der Waals surface area contributed by atoms with Gasteiger partial charge in [0.2, 0.25) is 5.91 Å². The molecular formula is C19H17N3O4. The molecule has 3 aromatic rings. The van der Waals surface area contributed by atoms with Gasteiger partial charge < -0.3 is 19.9 Å². The first-order chi connectivity index (χ1) is 12.6. The molecule has 7 nitrogen and oxygen atoms in total. The van der Waals surface area contributed by atoms with Gasteiger partial charge in [-0.1, -0.05) is 23.4 Å². The lowest BCUT2D eigenvalue weighted by atomic mass is 10.1. The van der Waals surface area contributed by atoms with Gasteiger partial charge in [-0.15, -0.1) is 0 Å². The Morgan fingerprint density at radius 2 is 2.15 bits per heavy atom. The number of amides is 2. The summed E-state index contributed by atoms with van der Waals surface area (Å²) in [5, 5.41) is 10.5. The standard InChI is InChI=1S/C19H17N3O4/c1-11(12-6-7-17-15(8-12)21-19(24)10-25-17)20-18(23)9-14-13-4-2-3-5-16(13)26-22-14/h2-8,11H,9-10H2,1H3,(H,20,23)(H,21,24). The minimum absolute atomic E-state index is 0.0181. The number of ether oxygens (including phenoxy) is 1. The molecule has 0 radical (unpaired) electrons. The molecule has 1 aromatic heterocycles. The van der Waals surface area contributed by atoms with Crippen molar-refractivity contribution in [2.75, 3.05) is 11.9 Å². The largest absolute Gasteiger partial charge is 0.482 e. The lowest BCUT2D eigenvalue weighted by molar-refractivity contribution is -0.121. The van der Waals surface area contributed by atoms with Gasteiger partial charge in [-0.3, -0.25) is 9.59 Å². The molecule has 0 saturated heterocycles. The molecule has 26 heavy (non-hydrogen) atoms. The van der Waals surface area contributed by atoms with Crippen molar-refractivity contribution in [2.45, 2.75) is 19.4 Å².